The summed E-state index contributed by atoms with van der Waals surface area (Å²) in [6, 6.07) is 12.7. The molecule has 5 nitrogen and oxygen atoms in total. The van der Waals surface area contributed by atoms with Gasteiger partial charge in [-0.15, -0.1) is 0 Å². The molecule has 140 valence electrons. The number of amides is 1. The van der Waals surface area contributed by atoms with Gasteiger partial charge in [-0.05, 0) is 56.0 Å². The predicted octanol–water partition coefficient (Wildman–Crippen LogP) is 3.06. The topological polar surface area (TPSA) is 75.3 Å². The third-order valence-corrected chi connectivity index (χ3v) is 5.69. The van der Waals surface area contributed by atoms with Crippen LogP contribution in [0, 0.1) is 13.8 Å². The first kappa shape index (κ1) is 20.1. The zero-order chi connectivity index (χ0) is 19.3. The van der Waals surface area contributed by atoms with Crippen LogP contribution in [0.4, 0.5) is 0 Å². The number of rotatable bonds is 7. The molecule has 2 aromatic carbocycles. The summed E-state index contributed by atoms with van der Waals surface area (Å²) in [5, 5.41) is 2.90. The SMILES string of the molecule is Cc1cccc(C(=O)NCc2ccccc2CS(=O)(=O)NC(C)C)c1C. The van der Waals surface area contributed by atoms with Gasteiger partial charge in [0.1, 0.15) is 0 Å². The summed E-state index contributed by atoms with van der Waals surface area (Å²) in [4.78, 5) is 12.5. The second kappa shape index (κ2) is 8.47. The Hall–Kier alpha value is -2.18. The Balaban J connectivity index is 2.13. The van der Waals surface area contributed by atoms with Crippen LogP contribution in [0.5, 0.6) is 0 Å². The van der Waals surface area contributed by atoms with Crippen LogP contribution in [0.1, 0.15) is 46.5 Å². The van der Waals surface area contributed by atoms with E-state index in [2.05, 4.69) is 10.0 Å². The molecule has 0 aliphatic rings. The van der Waals surface area contributed by atoms with Crippen molar-refractivity contribution in [3.63, 3.8) is 0 Å². The van der Waals surface area contributed by atoms with E-state index < -0.39 is 10.0 Å². The molecular formula is C20H26N2O3S. The van der Waals surface area contributed by atoms with Crippen molar-refractivity contribution in [1.29, 1.82) is 0 Å². The molecule has 2 N–H and O–H groups in total. The van der Waals surface area contributed by atoms with Crippen molar-refractivity contribution in [2.75, 3.05) is 0 Å². The summed E-state index contributed by atoms with van der Waals surface area (Å²) in [6.07, 6.45) is 0. The maximum atomic E-state index is 12.5. The molecule has 0 unspecified atom stereocenters. The van der Waals surface area contributed by atoms with Gasteiger partial charge in [0.25, 0.3) is 5.91 Å². The van der Waals surface area contributed by atoms with Crippen LogP contribution in [0.15, 0.2) is 42.5 Å². The van der Waals surface area contributed by atoms with E-state index in [9.17, 15) is 13.2 Å². The van der Waals surface area contributed by atoms with Crippen molar-refractivity contribution in [3.8, 4) is 0 Å². The first-order valence-corrected chi connectivity index (χ1v) is 10.3. The quantitative estimate of drug-likeness (QED) is 0.782. The lowest BCUT2D eigenvalue weighted by Crippen LogP contribution is -2.32. The molecule has 2 aromatic rings. The van der Waals surface area contributed by atoms with E-state index in [4.69, 9.17) is 0 Å². The molecule has 2 rings (SSSR count). The van der Waals surface area contributed by atoms with Crippen molar-refractivity contribution < 1.29 is 13.2 Å². The maximum Gasteiger partial charge on any atom is 0.251 e. The number of hydrogen-bond acceptors (Lipinski definition) is 3. The fraction of sp³-hybridized carbons (Fsp3) is 0.350. The van der Waals surface area contributed by atoms with Crippen LogP contribution in [-0.4, -0.2) is 20.4 Å². The average Bonchev–Trinajstić information content (AvgIpc) is 2.54. The highest BCUT2D eigenvalue weighted by Crippen LogP contribution is 2.15. The molecule has 0 aliphatic heterocycles. The second-order valence-corrected chi connectivity index (χ2v) is 8.48. The molecule has 0 aromatic heterocycles. The van der Waals surface area contributed by atoms with Gasteiger partial charge in [0, 0.05) is 18.2 Å². The highest BCUT2D eigenvalue weighted by molar-refractivity contribution is 7.88. The first-order valence-electron chi connectivity index (χ1n) is 8.61. The third kappa shape index (κ3) is 5.41. The van der Waals surface area contributed by atoms with Crippen LogP contribution in [0.2, 0.25) is 0 Å². The van der Waals surface area contributed by atoms with Crippen molar-refractivity contribution in [3.05, 3.63) is 70.3 Å². The molecule has 0 saturated heterocycles. The van der Waals surface area contributed by atoms with Crippen LogP contribution in [0.25, 0.3) is 0 Å². The number of aryl methyl sites for hydroxylation is 1. The summed E-state index contributed by atoms with van der Waals surface area (Å²) >= 11 is 0. The number of carbonyl (C=O) groups excluding carboxylic acids is 1. The largest absolute Gasteiger partial charge is 0.348 e. The molecule has 0 spiro atoms. The van der Waals surface area contributed by atoms with Gasteiger partial charge in [0.2, 0.25) is 10.0 Å². The Morgan fingerprint density at radius 1 is 1.00 bits per heavy atom. The minimum Gasteiger partial charge on any atom is -0.348 e. The smallest absolute Gasteiger partial charge is 0.251 e. The number of sulfonamides is 1. The van der Waals surface area contributed by atoms with E-state index in [0.29, 0.717) is 11.1 Å². The molecular weight excluding hydrogens is 348 g/mol. The minimum atomic E-state index is -3.42. The maximum absolute atomic E-state index is 12.5. The molecule has 0 atom stereocenters. The van der Waals surface area contributed by atoms with Gasteiger partial charge in [-0.25, -0.2) is 13.1 Å². The highest BCUT2D eigenvalue weighted by atomic mass is 32.2. The normalized spacial score (nSPS) is 11.6. The van der Waals surface area contributed by atoms with Gasteiger partial charge < -0.3 is 5.32 Å². The van der Waals surface area contributed by atoms with Gasteiger partial charge in [-0.1, -0.05) is 36.4 Å². The zero-order valence-corrected chi connectivity index (χ0v) is 16.5. The van der Waals surface area contributed by atoms with Gasteiger partial charge in [0.05, 0.1) is 5.75 Å². The number of carbonyl (C=O) groups is 1. The third-order valence-electron chi connectivity index (χ3n) is 4.17. The second-order valence-electron chi connectivity index (χ2n) is 6.73. The molecule has 0 radical (unpaired) electrons. The molecule has 26 heavy (non-hydrogen) atoms. The number of hydrogen-bond donors (Lipinski definition) is 2. The summed E-state index contributed by atoms with van der Waals surface area (Å²) in [5.41, 5.74) is 4.12. The van der Waals surface area contributed by atoms with E-state index in [0.717, 1.165) is 16.7 Å². The standard InChI is InChI=1S/C20H26N2O3S/c1-14(2)22-26(24,25)13-18-10-6-5-9-17(18)12-21-20(23)19-11-7-8-15(3)16(19)4/h5-11,14,22H,12-13H2,1-4H3,(H,21,23). The summed E-state index contributed by atoms with van der Waals surface area (Å²) < 4.78 is 27.0. The van der Waals surface area contributed by atoms with E-state index in [1.54, 1.807) is 32.0 Å². The highest BCUT2D eigenvalue weighted by Gasteiger charge is 2.16. The Bertz CT molecular complexity index is 890. The Morgan fingerprint density at radius 3 is 2.31 bits per heavy atom. The van der Waals surface area contributed by atoms with Gasteiger partial charge in [-0.2, -0.15) is 0 Å². The van der Waals surface area contributed by atoms with Crippen LogP contribution >= 0.6 is 0 Å². The minimum absolute atomic E-state index is 0.110. The zero-order valence-electron chi connectivity index (χ0n) is 15.7. The van der Waals surface area contributed by atoms with Crippen LogP contribution < -0.4 is 10.0 Å². The Kier molecular flexibility index (Phi) is 6.56. The molecule has 0 heterocycles. The predicted molar refractivity (Wildman–Crippen MR) is 104 cm³/mol. The Morgan fingerprint density at radius 2 is 1.65 bits per heavy atom. The average molecular weight is 375 g/mol. The van der Waals surface area contributed by atoms with Crippen molar-refractivity contribution in [2.45, 2.75) is 46.0 Å². The van der Waals surface area contributed by atoms with Crippen LogP contribution in [0.3, 0.4) is 0 Å². The lowest BCUT2D eigenvalue weighted by Gasteiger charge is -2.14. The number of nitrogens with one attached hydrogen (secondary N) is 2. The van der Waals surface area contributed by atoms with Crippen molar-refractivity contribution in [1.82, 2.24) is 10.0 Å². The van der Waals surface area contributed by atoms with Gasteiger partial charge in [-0.3, -0.25) is 4.79 Å². The van der Waals surface area contributed by atoms with E-state index in [1.165, 1.54) is 0 Å². The summed E-state index contributed by atoms with van der Waals surface area (Å²) in [5.74, 6) is -0.273. The molecule has 0 bridgehead atoms. The van der Waals surface area contributed by atoms with Gasteiger partial charge in [0.15, 0.2) is 0 Å². The van der Waals surface area contributed by atoms with E-state index in [-0.39, 0.29) is 24.2 Å². The lowest BCUT2D eigenvalue weighted by molar-refractivity contribution is 0.0950. The van der Waals surface area contributed by atoms with E-state index in [1.807, 2.05) is 38.1 Å². The molecule has 0 fully saturated rings. The fourth-order valence-corrected chi connectivity index (χ4v) is 4.24. The number of benzene rings is 2. The molecule has 0 saturated carbocycles. The van der Waals surface area contributed by atoms with Gasteiger partial charge >= 0.3 is 0 Å². The molecule has 1 amide bonds. The Labute approximate surface area is 155 Å². The lowest BCUT2D eigenvalue weighted by atomic mass is 10.0. The van der Waals surface area contributed by atoms with Crippen LogP contribution in [-0.2, 0) is 22.3 Å². The summed E-state index contributed by atoms with van der Waals surface area (Å²) in [6.45, 7) is 7.73. The molecule has 6 heteroatoms. The van der Waals surface area contributed by atoms with Crippen molar-refractivity contribution >= 4 is 15.9 Å². The molecule has 0 aliphatic carbocycles. The fourth-order valence-electron chi connectivity index (χ4n) is 2.74. The van der Waals surface area contributed by atoms with E-state index >= 15 is 0 Å². The monoisotopic (exact) mass is 374 g/mol. The van der Waals surface area contributed by atoms with Crippen molar-refractivity contribution in [2.24, 2.45) is 0 Å². The first-order chi connectivity index (χ1) is 12.2. The summed E-state index contributed by atoms with van der Waals surface area (Å²) in [7, 11) is -3.42.